The number of ether oxygens (including phenoxy) is 1. The van der Waals surface area contributed by atoms with E-state index in [4.69, 9.17) is 0 Å². The highest BCUT2D eigenvalue weighted by atomic mass is 32.1. The van der Waals surface area contributed by atoms with E-state index in [1.807, 2.05) is 0 Å². The van der Waals surface area contributed by atoms with Crippen LogP contribution in [0.4, 0.5) is 14.5 Å². The molecule has 26 heavy (non-hydrogen) atoms. The van der Waals surface area contributed by atoms with Crippen molar-refractivity contribution in [3.05, 3.63) is 52.8 Å². The lowest BCUT2D eigenvalue weighted by atomic mass is 10.1. The Kier molecular flexibility index (Phi) is 4.76. The molecule has 3 rings (SSSR count). The summed E-state index contributed by atoms with van der Waals surface area (Å²) in [5, 5.41) is 8.37. The molecule has 0 unspecified atom stereocenters. The molecule has 0 aliphatic carbocycles. The van der Waals surface area contributed by atoms with E-state index in [1.54, 1.807) is 24.1 Å². The smallest absolute Gasteiger partial charge is 0.340 e. The first-order chi connectivity index (χ1) is 12.4. The first-order valence-corrected chi connectivity index (χ1v) is 8.10. The third-order valence-corrected chi connectivity index (χ3v) is 4.29. The van der Waals surface area contributed by atoms with Crippen LogP contribution in [-0.4, -0.2) is 33.8 Å². The van der Waals surface area contributed by atoms with Gasteiger partial charge in [0.25, 0.3) is 5.91 Å². The maximum Gasteiger partial charge on any atom is 0.340 e. The minimum atomic E-state index is -1.08. The van der Waals surface area contributed by atoms with Crippen molar-refractivity contribution < 1.29 is 23.1 Å². The number of hydrogen-bond acceptors (Lipinski definition) is 6. The minimum Gasteiger partial charge on any atom is -0.465 e. The largest absolute Gasteiger partial charge is 0.465 e. The summed E-state index contributed by atoms with van der Waals surface area (Å²) in [6.07, 6.45) is 3.34. The summed E-state index contributed by atoms with van der Waals surface area (Å²) in [6, 6.07) is 1.38. The van der Waals surface area contributed by atoms with Gasteiger partial charge in [-0.05, 0) is 6.07 Å². The number of anilines is 1. The number of amides is 1. The van der Waals surface area contributed by atoms with Gasteiger partial charge in [-0.2, -0.15) is 5.10 Å². The van der Waals surface area contributed by atoms with Crippen LogP contribution in [-0.2, 0) is 11.8 Å². The van der Waals surface area contributed by atoms with Gasteiger partial charge in [-0.25, -0.2) is 18.6 Å². The van der Waals surface area contributed by atoms with E-state index in [9.17, 15) is 18.4 Å². The van der Waals surface area contributed by atoms with Crippen LogP contribution in [0, 0.1) is 11.6 Å². The lowest BCUT2D eigenvalue weighted by molar-refractivity contribution is 0.0595. The van der Waals surface area contributed by atoms with Gasteiger partial charge in [0.05, 0.1) is 24.6 Å². The number of aryl methyl sites for hydroxylation is 1. The van der Waals surface area contributed by atoms with E-state index in [-0.39, 0.29) is 11.4 Å². The van der Waals surface area contributed by atoms with E-state index in [1.165, 1.54) is 16.7 Å². The Morgan fingerprint density at radius 3 is 2.69 bits per heavy atom. The van der Waals surface area contributed by atoms with Crippen LogP contribution < -0.4 is 5.32 Å². The normalized spacial score (nSPS) is 10.6. The van der Waals surface area contributed by atoms with Crippen molar-refractivity contribution in [2.24, 2.45) is 7.05 Å². The first kappa shape index (κ1) is 17.7. The lowest BCUT2D eigenvalue weighted by Gasteiger charge is -2.08. The Balaban J connectivity index is 1.84. The molecular weight excluding hydrogens is 366 g/mol. The van der Waals surface area contributed by atoms with Gasteiger partial charge in [-0.1, -0.05) is 0 Å². The first-order valence-electron chi connectivity index (χ1n) is 7.22. The molecule has 7 nitrogen and oxygen atoms in total. The van der Waals surface area contributed by atoms with Crippen LogP contribution in [0.3, 0.4) is 0 Å². The molecule has 134 valence electrons. The van der Waals surface area contributed by atoms with Crippen LogP contribution in [0.5, 0.6) is 0 Å². The molecule has 0 aliphatic rings. The monoisotopic (exact) mass is 378 g/mol. The number of halogens is 2. The number of carbonyl (C=O) groups is 2. The van der Waals surface area contributed by atoms with Gasteiger partial charge in [0.1, 0.15) is 22.3 Å². The van der Waals surface area contributed by atoms with Crippen molar-refractivity contribution in [2.75, 3.05) is 12.4 Å². The average Bonchev–Trinajstić information content (AvgIpc) is 3.25. The number of hydrogen-bond donors (Lipinski definition) is 1. The quantitative estimate of drug-likeness (QED) is 0.706. The van der Waals surface area contributed by atoms with Crippen LogP contribution >= 0.6 is 11.3 Å². The highest BCUT2D eigenvalue weighted by Crippen LogP contribution is 2.25. The molecule has 0 bridgehead atoms. The van der Waals surface area contributed by atoms with Crippen LogP contribution in [0.15, 0.2) is 29.9 Å². The number of rotatable bonds is 4. The molecule has 1 aromatic carbocycles. The van der Waals surface area contributed by atoms with E-state index >= 15 is 0 Å². The van der Waals surface area contributed by atoms with Gasteiger partial charge in [0.2, 0.25) is 0 Å². The van der Waals surface area contributed by atoms with Crippen molar-refractivity contribution in [1.29, 1.82) is 0 Å². The molecule has 0 saturated heterocycles. The summed E-state index contributed by atoms with van der Waals surface area (Å²) in [4.78, 5) is 28.0. The molecule has 0 radical (unpaired) electrons. The predicted molar refractivity (Wildman–Crippen MR) is 90.0 cm³/mol. The highest BCUT2D eigenvalue weighted by molar-refractivity contribution is 7.13. The van der Waals surface area contributed by atoms with Gasteiger partial charge in [-0.3, -0.25) is 9.48 Å². The van der Waals surface area contributed by atoms with Crippen molar-refractivity contribution in [3.8, 4) is 10.6 Å². The number of thiazole rings is 1. The minimum absolute atomic E-state index is 0.0530. The third-order valence-electron chi connectivity index (χ3n) is 3.40. The number of aromatic nitrogens is 3. The van der Waals surface area contributed by atoms with Crippen molar-refractivity contribution in [3.63, 3.8) is 0 Å². The van der Waals surface area contributed by atoms with Crippen LogP contribution in [0.25, 0.3) is 10.6 Å². The van der Waals surface area contributed by atoms with E-state index < -0.39 is 29.1 Å². The Morgan fingerprint density at radius 1 is 1.27 bits per heavy atom. The summed E-state index contributed by atoms with van der Waals surface area (Å²) >= 11 is 1.22. The standard InChI is InChI=1S/C16H12F2N4O3S/c1-22-6-8(5-19-22)15-21-13(7-26-15)14(23)20-12-3-9(16(24)25-2)10(17)4-11(12)18/h3-7H,1-2H3,(H,20,23). The Bertz CT molecular complexity index is 999. The summed E-state index contributed by atoms with van der Waals surface area (Å²) < 4.78 is 33.6. The second kappa shape index (κ2) is 7.00. The molecule has 2 heterocycles. The molecule has 10 heteroatoms. The number of benzene rings is 1. The Labute approximate surface area is 150 Å². The van der Waals surface area contributed by atoms with Crippen molar-refractivity contribution in [2.45, 2.75) is 0 Å². The fourth-order valence-electron chi connectivity index (χ4n) is 2.14. The van der Waals surface area contributed by atoms with Gasteiger partial charge in [-0.15, -0.1) is 11.3 Å². The molecule has 0 atom stereocenters. The average molecular weight is 378 g/mol. The summed E-state index contributed by atoms with van der Waals surface area (Å²) in [7, 11) is 2.82. The maximum atomic E-state index is 13.9. The van der Waals surface area contributed by atoms with Crippen LogP contribution in [0.1, 0.15) is 20.8 Å². The zero-order valence-electron chi connectivity index (χ0n) is 13.6. The van der Waals surface area contributed by atoms with Gasteiger partial charge >= 0.3 is 5.97 Å². The molecule has 0 fully saturated rings. The van der Waals surface area contributed by atoms with E-state index in [2.05, 4.69) is 20.1 Å². The SMILES string of the molecule is COC(=O)c1cc(NC(=O)c2csc(-c3cnn(C)c3)n2)c(F)cc1F. The zero-order valence-corrected chi connectivity index (χ0v) is 14.4. The number of esters is 1. The van der Waals surface area contributed by atoms with E-state index in [0.29, 0.717) is 11.1 Å². The molecule has 1 N–H and O–H groups in total. The summed E-state index contributed by atoms with van der Waals surface area (Å²) in [5.74, 6) is -3.78. The molecule has 0 spiro atoms. The molecule has 0 aliphatic heterocycles. The number of nitrogens with one attached hydrogen (secondary N) is 1. The number of carbonyl (C=O) groups excluding carboxylic acids is 2. The maximum absolute atomic E-state index is 13.9. The van der Waals surface area contributed by atoms with E-state index in [0.717, 1.165) is 18.7 Å². The highest BCUT2D eigenvalue weighted by Gasteiger charge is 2.19. The lowest BCUT2D eigenvalue weighted by Crippen LogP contribution is -2.15. The van der Waals surface area contributed by atoms with Crippen LogP contribution in [0.2, 0.25) is 0 Å². The fraction of sp³-hybridized carbons (Fsp3) is 0.125. The third kappa shape index (κ3) is 3.45. The summed E-state index contributed by atoms with van der Waals surface area (Å²) in [5.41, 5.74) is -0.0547. The van der Waals surface area contributed by atoms with Gasteiger partial charge in [0.15, 0.2) is 0 Å². The van der Waals surface area contributed by atoms with Crippen molar-refractivity contribution in [1.82, 2.24) is 14.8 Å². The second-order valence-electron chi connectivity index (χ2n) is 5.20. The molecule has 3 aromatic rings. The molecule has 0 saturated carbocycles. The molecular formula is C16H12F2N4O3S. The fourth-order valence-corrected chi connectivity index (χ4v) is 2.92. The second-order valence-corrected chi connectivity index (χ2v) is 6.06. The zero-order chi connectivity index (χ0) is 18.8. The van der Waals surface area contributed by atoms with Crippen molar-refractivity contribution >= 4 is 28.9 Å². The number of nitrogens with zero attached hydrogens (tertiary/aromatic N) is 3. The Hall–Kier alpha value is -3.14. The van der Waals surface area contributed by atoms with Gasteiger partial charge < -0.3 is 10.1 Å². The molecule has 1 amide bonds. The number of methoxy groups -OCH3 is 1. The molecule has 2 aromatic heterocycles. The predicted octanol–water partition coefficient (Wildman–Crippen LogP) is 2.86. The van der Waals surface area contributed by atoms with Gasteiger partial charge in [0, 0.05) is 30.3 Å². The Morgan fingerprint density at radius 2 is 2.04 bits per heavy atom. The topological polar surface area (TPSA) is 86.1 Å². The summed E-state index contributed by atoms with van der Waals surface area (Å²) in [6.45, 7) is 0.